The van der Waals surface area contributed by atoms with Gasteiger partial charge in [-0.2, -0.15) is 0 Å². The van der Waals surface area contributed by atoms with Crippen LogP contribution in [0.3, 0.4) is 0 Å². The Hall–Kier alpha value is -1.11. The number of fused-ring (bicyclic) bond motifs is 1. The zero-order valence-electron chi connectivity index (χ0n) is 6.51. The average molecular weight is 248 g/mol. The second kappa shape index (κ2) is 2.99. The third-order valence-electron chi connectivity index (χ3n) is 1.76. The number of nitro groups is 1. The molecule has 1 unspecified atom stereocenters. The third kappa shape index (κ3) is 1.39. The van der Waals surface area contributed by atoms with Crippen LogP contribution >= 0.6 is 15.9 Å². The molecule has 1 aromatic rings. The van der Waals surface area contributed by atoms with Gasteiger partial charge in [0.25, 0.3) is 0 Å². The lowest BCUT2D eigenvalue weighted by molar-refractivity contribution is -0.389. The van der Waals surface area contributed by atoms with Crippen LogP contribution in [0.5, 0.6) is 6.01 Å². The predicted octanol–water partition coefficient (Wildman–Crippen LogP) is 0.947. The highest BCUT2D eigenvalue weighted by Crippen LogP contribution is 2.25. The van der Waals surface area contributed by atoms with Gasteiger partial charge in [-0.3, -0.25) is 4.57 Å². The summed E-state index contributed by atoms with van der Waals surface area (Å²) in [4.78, 5) is 13.5. The highest BCUT2D eigenvalue weighted by Gasteiger charge is 2.30. The van der Waals surface area contributed by atoms with Crippen molar-refractivity contribution in [3.05, 3.63) is 16.3 Å². The summed E-state index contributed by atoms with van der Waals surface area (Å²) in [5.41, 5.74) is 0. The van der Waals surface area contributed by atoms with E-state index in [2.05, 4.69) is 20.9 Å². The lowest BCUT2D eigenvalue weighted by Gasteiger charge is -2.00. The van der Waals surface area contributed by atoms with Crippen LogP contribution < -0.4 is 4.74 Å². The lowest BCUT2D eigenvalue weighted by atomic mass is 10.4. The van der Waals surface area contributed by atoms with E-state index in [-0.39, 0.29) is 11.9 Å². The maximum absolute atomic E-state index is 10.3. The van der Waals surface area contributed by atoms with E-state index >= 15 is 0 Å². The van der Waals surface area contributed by atoms with Crippen LogP contribution in [0.25, 0.3) is 0 Å². The topological polar surface area (TPSA) is 70.2 Å². The Bertz CT molecular complexity index is 327. The number of ether oxygens (including phenoxy) is 1. The van der Waals surface area contributed by atoms with Gasteiger partial charge in [-0.05, 0) is 4.92 Å². The van der Waals surface area contributed by atoms with Crippen molar-refractivity contribution in [1.82, 2.24) is 9.55 Å². The Morgan fingerprint density at radius 1 is 1.92 bits per heavy atom. The summed E-state index contributed by atoms with van der Waals surface area (Å²) < 4.78 is 6.93. The standard InChI is InChI=1S/C6H6BrN3O3/c7-1-4-2-9-3-5(10(11)12)8-6(9)13-4/h3-4H,1-2H2. The van der Waals surface area contributed by atoms with Crippen LogP contribution in [0, 0.1) is 10.1 Å². The zero-order chi connectivity index (χ0) is 9.42. The fourth-order valence-corrected chi connectivity index (χ4v) is 1.52. The predicted molar refractivity (Wildman–Crippen MR) is 47.1 cm³/mol. The number of nitrogens with zero attached hydrogens (tertiary/aromatic N) is 3. The molecule has 0 N–H and O–H groups in total. The third-order valence-corrected chi connectivity index (χ3v) is 2.48. The molecule has 1 aromatic heterocycles. The monoisotopic (exact) mass is 247 g/mol. The SMILES string of the molecule is O=[N+]([O-])c1cn2c(n1)OC(CBr)C2. The summed E-state index contributed by atoms with van der Waals surface area (Å²) in [6.45, 7) is 0.613. The average Bonchev–Trinajstić information content (AvgIpc) is 2.58. The molecule has 7 heteroatoms. The summed E-state index contributed by atoms with van der Waals surface area (Å²) in [5, 5.41) is 11.0. The van der Waals surface area contributed by atoms with Gasteiger partial charge in [0.05, 0.1) is 6.54 Å². The van der Waals surface area contributed by atoms with Crippen molar-refractivity contribution >= 4 is 21.7 Å². The molecule has 13 heavy (non-hydrogen) atoms. The fraction of sp³-hybridized carbons (Fsp3) is 0.500. The Morgan fingerprint density at radius 2 is 2.69 bits per heavy atom. The van der Waals surface area contributed by atoms with E-state index in [1.807, 2.05) is 0 Å². The molecule has 2 rings (SSSR count). The van der Waals surface area contributed by atoms with Crippen LogP contribution in [0.2, 0.25) is 0 Å². The molecular weight excluding hydrogens is 242 g/mol. The number of halogens is 1. The first-order valence-electron chi connectivity index (χ1n) is 3.65. The van der Waals surface area contributed by atoms with Gasteiger partial charge in [-0.1, -0.05) is 15.9 Å². The van der Waals surface area contributed by atoms with Crippen molar-refractivity contribution in [2.45, 2.75) is 12.6 Å². The molecule has 2 heterocycles. The Balaban J connectivity index is 2.23. The number of rotatable bonds is 2. The second-order valence-electron chi connectivity index (χ2n) is 2.69. The van der Waals surface area contributed by atoms with Gasteiger partial charge in [0, 0.05) is 10.3 Å². The fourth-order valence-electron chi connectivity index (χ4n) is 1.18. The van der Waals surface area contributed by atoms with Crippen LogP contribution in [-0.4, -0.2) is 25.9 Å². The van der Waals surface area contributed by atoms with Crippen LogP contribution in [0.15, 0.2) is 6.20 Å². The van der Waals surface area contributed by atoms with E-state index in [0.717, 1.165) is 0 Å². The van der Waals surface area contributed by atoms with Gasteiger partial charge in [0.1, 0.15) is 12.3 Å². The normalized spacial score (nSPS) is 19.6. The summed E-state index contributed by atoms with van der Waals surface area (Å²) in [7, 11) is 0. The van der Waals surface area contributed by atoms with Gasteiger partial charge < -0.3 is 14.9 Å². The molecule has 0 bridgehead atoms. The highest BCUT2D eigenvalue weighted by atomic mass is 79.9. The molecule has 0 aliphatic carbocycles. The van der Waals surface area contributed by atoms with Crippen molar-refractivity contribution in [1.29, 1.82) is 0 Å². The minimum Gasteiger partial charge on any atom is -0.440 e. The number of alkyl halides is 1. The van der Waals surface area contributed by atoms with Crippen molar-refractivity contribution < 1.29 is 9.66 Å². The van der Waals surface area contributed by atoms with Crippen LogP contribution in [0.1, 0.15) is 0 Å². The molecule has 6 nitrogen and oxygen atoms in total. The highest BCUT2D eigenvalue weighted by molar-refractivity contribution is 9.09. The molecule has 0 aromatic carbocycles. The molecule has 0 fully saturated rings. The Labute approximate surface area is 81.8 Å². The van der Waals surface area contributed by atoms with Gasteiger partial charge in [-0.15, -0.1) is 0 Å². The minimum absolute atomic E-state index is 0.0308. The lowest BCUT2D eigenvalue weighted by Crippen LogP contribution is -2.15. The molecule has 0 saturated heterocycles. The Morgan fingerprint density at radius 3 is 3.23 bits per heavy atom. The smallest absolute Gasteiger partial charge is 0.414 e. The quantitative estimate of drug-likeness (QED) is 0.443. The van der Waals surface area contributed by atoms with Gasteiger partial charge in [0.2, 0.25) is 0 Å². The van der Waals surface area contributed by atoms with E-state index in [0.29, 0.717) is 17.9 Å². The van der Waals surface area contributed by atoms with Crippen molar-refractivity contribution in [3.8, 4) is 6.01 Å². The molecule has 1 aliphatic heterocycles. The second-order valence-corrected chi connectivity index (χ2v) is 3.33. The van der Waals surface area contributed by atoms with Gasteiger partial charge in [-0.25, -0.2) is 0 Å². The number of imidazole rings is 1. The van der Waals surface area contributed by atoms with E-state index in [4.69, 9.17) is 4.74 Å². The van der Waals surface area contributed by atoms with Crippen molar-refractivity contribution in [3.63, 3.8) is 0 Å². The maximum Gasteiger partial charge on any atom is 0.414 e. The molecule has 0 amide bonds. The van der Waals surface area contributed by atoms with Gasteiger partial charge >= 0.3 is 11.8 Å². The van der Waals surface area contributed by atoms with Crippen molar-refractivity contribution in [2.24, 2.45) is 0 Å². The first kappa shape index (κ1) is 8.49. The van der Waals surface area contributed by atoms with Crippen molar-refractivity contribution in [2.75, 3.05) is 5.33 Å². The molecule has 1 aliphatic rings. The maximum atomic E-state index is 10.3. The molecular formula is C6H6BrN3O3. The molecule has 70 valence electrons. The van der Waals surface area contributed by atoms with Gasteiger partial charge in [0.15, 0.2) is 0 Å². The molecule has 1 atom stereocenters. The summed E-state index contributed by atoms with van der Waals surface area (Å²) in [6.07, 6.45) is 1.42. The Kier molecular flexibility index (Phi) is 1.95. The van der Waals surface area contributed by atoms with E-state index in [1.54, 1.807) is 4.57 Å². The van der Waals surface area contributed by atoms with Crippen LogP contribution in [-0.2, 0) is 6.54 Å². The largest absolute Gasteiger partial charge is 0.440 e. The zero-order valence-corrected chi connectivity index (χ0v) is 8.10. The summed E-state index contributed by atoms with van der Waals surface area (Å²) in [6, 6.07) is 0.330. The molecule has 0 saturated carbocycles. The minimum atomic E-state index is -0.530. The first-order chi connectivity index (χ1) is 6.20. The van der Waals surface area contributed by atoms with E-state index < -0.39 is 4.92 Å². The summed E-state index contributed by atoms with van der Waals surface area (Å²) >= 11 is 3.27. The number of hydrogen-bond acceptors (Lipinski definition) is 4. The van der Waals surface area contributed by atoms with E-state index in [9.17, 15) is 10.1 Å². The number of hydrogen-bond donors (Lipinski definition) is 0. The summed E-state index contributed by atoms with van der Waals surface area (Å²) in [5.74, 6) is -0.164. The molecule has 0 radical (unpaired) electrons. The van der Waals surface area contributed by atoms with E-state index in [1.165, 1.54) is 6.20 Å². The molecule has 0 spiro atoms. The first-order valence-corrected chi connectivity index (χ1v) is 4.77. The van der Waals surface area contributed by atoms with Crippen LogP contribution in [0.4, 0.5) is 5.82 Å². The number of aromatic nitrogens is 2.